The number of likely N-dealkylation sites (tertiary alicyclic amines) is 1. The molecule has 0 amide bonds. The van der Waals surface area contributed by atoms with Crippen LogP contribution in [0.15, 0.2) is 0 Å². The number of nitrogens with zero attached hydrogens (tertiary/aromatic N) is 2. The molecule has 1 unspecified atom stereocenters. The van der Waals surface area contributed by atoms with Gasteiger partial charge in [0.15, 0.2) is 0 Å². The molecule has 0 aromatic rings. The lowest BCUT2D eigenvalue weighted by molar-refractivity contribution is 0.130. The Balaban J connectivity index is 2.31. The number of hydrogen-bond donors (Lipinski definition) is 1. The highest BCUT2D eigenvalue weighted by Crippen LogP contribution is 2.13. The number of aliphatic hydroxyl groups excluding tert-OH is 1. The highest BCUT2D eigenvalue weighted by molar-refractivity contribution is 4.89. The molecular formula is C6H10N2O. The number of rotatable bonds is 1. The fraction of sp³-hybridized carbons (Fsp3) is 0.833. The van der Waals surface area contributed by atoms with Gasteiger partial charge in [-0.3, -0.25) is 4.90 Å². The molecule has 0 aliphatic carbocycles. The average Bonchev–Trinajstić information content (AvgIpc) is 2.34. The maximum Gasteiger partial charge on any atom is 0.0956 e. The molecule has 9 heavy (non-hydrogen) atoms. The van der Waals surface area contributed by atoms with Gasteiger partial charge in [0.2, 0.25) is 0 Å². The maximum absolute atomic E-state index is 8.60. The predicted molar refractivity (Wildman–Crippen MR) is 32.4 cm³/mol. The van der Waals surface area contributed by atoms with Crippen LogP contribution >= 0.6 is 0 Å². The van der Waals surface area contributed by atoms with E-state index in [9.17, 15) is 0 Å². The number of nitriles is 1. The van der Waals surface area contributed by atoms with Crippen molar-refractivity contribution in [2.45, 2.75) is 6.42 Å². The summed E-state index contributed by atoms with van der Waals surface area (Å²) in [5, 5.41) is 17.0. The Morgan fingerprint density at radius 2 is 2.56 bits per heavy atom. The third-order valence-corrected chi connectivity index (χ3v) is 1.65. The van der Waals surface area contributed by atoms with E-state index in [0.29, 0.717) is 0 Å². The molecule has 0 radical (unpaired) electrons. The molecule has 1 aliphatic rings. The summed E-state index contributed by atoms with van der Waals surface area (Å²) in [6.07, 6.45) is 0.914. The molecule has 1 rings (SSSR count). The van der Waals surface area contributed by atoms with Crippen LogP contribution in [0.3, 0.4) is 0 Å². The minimum atomic E-state index is 0.0954. The van der Waals surface area contributed by atoms with E-state index in [0.717, 1.165) is 19.5 Å². The van der Waals surface area contributed by atoms with Crippen LogP contribution in [0.4, 0.5) is 0 Å². The van der Waals surface area contributed by atoms with E-state index in [2.05, 4.69) is 6.07 Å². The fourth-order valence-electron chi connectivity index (χ4n) is 1.07. The van der Waals surface area contributed by atoms with Crippen LogP contribution in [0, 0.1) is 17.2 Å². The first-order valence-corrected chi connectivity index (χ1v) is 3.09. The molecule has 1 heterocycles. The van der Waals surface area contributed by atoms with Crippen LogP contribution in [-0.4, -0.2) is 29.8 Å². The van der Waals surface area contributed by atoms with Gasteiger partial charge in [0.1, 0.15) is 0 Å². The van der Waals surface area contributed by atoms with Crippen molar-refractivity contribution in [2.24, 2.45) is 5.92 Å². The van der Waals surface area contributed by atoms with Gasteiger partial charge in [-0.15, -0.1) is 0 Å². The van der Waals surface area contributed by atoms with Crippen molar-refractivity contribution >= 4 is 0 Å². The molecule has 3 heteroatoms. The van der Waals surface area contributed by atoms with E-state index in [-0.39, 0.29) is 12.6 Å². The Labute approximate surface area is 54.5 Å². The SMILES string of the molecule is N#CC1CCN(CO)C1. The Morgan fingerprint density at radius 1 is 1.78 bits per heavy atom. The lowest BCUT2D eigenvalue weighted by Crippen LogP contribution is -2.20. The van der Waals surface area contributed by atoms with Crippen molar-refractivity contribution in [3.05, 3.63) is 0 Å². The average molecular weight is 126 g/mol. The van der Waals surface area contributed by atoms with Crippen molar-refractivity contribution < 1.29 is 5.11 Å². The van der Waals surface area contributed by atoms with Crippen molar-refractivity contribution in [2.75, 3.05) is 19.8 Å². The highest BCUT2D eigenvalue weighted by atomic mass is 16.3. The van der Waals surface area contributed by atoms with Crippen molar-refractivity contribution in [1.82, 2.24) is 4.90 Å². The van der Waals surface area contributed by atoms with Gasteiger partial charge in [-0.05, 0) is 6.42 Å². The fourth-order valence-corrected chi connectivity index (χ4v) is 1.07. The molecular weight excluding hydrogens is 116 g/mol. The normalized spacial score (nSPS) is 28.2. The third-order valence-electron chi connectivity index (χ3n) is 1.65. The van der Waals surface area contributed by atoms with Crippen LogP contribution in [0.5, 0.6) is 0 Å². The van der Waals surface area contributed by atoms with Crippen molar-refractivity contribution in [1.29, 1.82) is 5.26 Å². The minimum absolute atomic E-state index is 0.0954. The molecule has 0 aromatic heterocycles. The second-order valence-corrected chi connectivity index (χ2v) is 2.33. The van der Waals surface area contributed by atoms with Gasteiger partial charge in [0, 0.05) is 13.1 Å². The van der Waals surface area contributed by atoms with Crippen LogP contribution in [0.1, 0.15) is 6.42 Å². The van der Waals surface area contributed by atoms with Crippen LogP contribution in [0.25, 0.3) is 0 Å². The van der Waals surface area contributed by atoms with Gasteiger partial charge >= 0.3 is 0 Å². The van der Waals surface area contributed by atoms with E-state index >= 15 is 0 Å². The predicted octanol–water partition coefficient (Wildman–Crippen LogP) is -0.218. The summed E-state index contributed by atoms with van der Waals surface area (Å²) in [7, 11) is 0. The van der Waals surface area contributed by atoms with Crippen LogP contribution < -0.4 is 0 Å². The summed E-state index contributed by atoms with van der Waals surface area (Å²) in [4.78, 5) is 1.87. The van der Waals surface area contributed by atoms with Crippen molar-refractivity contribution in [3.8, 4) is 6.07 Å². The summed E-state index contributed by atoms with van der Waals surface area (Å²) >= 11 is 0. The lowest BCUT2D eigenvalue weighted by atomic mass is 10.1. The molecule has 0 aromatic carbocycles. The molecule has 0 spiro atoms. The second-order valence-electron chi connectivity index (χ2n) is 2.33. The first kappa shape index (κ1) is 6.53. The smallest absolute Gasteiger partial charge is 0.0956 e. The van der Waals surface area contributed by atoms with Crippen LogP contribution in [-0.2, 0) is 0 Å². The van der Waals surface area contributed by atoms with Crippen molar-refractivity contribution in [3.63, 3.8) is 0 Å². The molecule has 1 N–H and O–H groups in total. The zero-order valence-corrected chi connectivity index (χ0v) is 5.25. The van der Waals surface area contributed by atoms with E-state index < -0.39 is 0 Å². The quantitative estimate of drug-likeness (QED) is 0.528. The summed E-state index contributed by atoms with van der Waals surface area (Å²) in [6, 6.07) is 2.18. The van der Waals surface area contributed by atoms with E-state index in [1.807, 2.05) is 4.90 Å². The Hall–Kier alpha value is -0.590. The third kappa shape index (κ3) is 1.41. The van der Waals surface area contributed by atoms with Gasteiger partial charge in [-0.1, -0.05) is 0 Å². The van der Waals surface area contributed by atoms with E-state index in [1.165, 1.54) is 0 Å². The van der Waals surface area contributed by atoms with Gasteiger partial charge in [-0.25, -0.2) is 0 Å². The topological polar surface area (TPSA) is 47.3 Å². The zero-order valence-electron chi connectivity index (χ0n) is 5.25. The minimum Gasteiger partial charge on any atom is -0.381 e. The molecule has 0 bridgehead atoms. The molecule has 0 saturated carbocycles. The largest absolute Gasteiger partial charge is 0.381 e. The first-order valence-electron chi connectivity index (χ1n) is 3.09. The van der Waals surface area contributed by atoms with E-state index in [1.54, 1.807) is 0 Å². The van der Waals surface area contributed by atoms with Gasteiger partial charge in [0.05, 0.1) is 18.7 Å². The summed E-state index contributed by atoms with van der Waals surface area (Å²) in [6.45, 7) is 1.71. The highest BCUT2D eigenvalue weighted by Gasteiger charge is 2.20. The van der Waals surface area contributed by atoms with Gasteiger partial charge in [-0.2, -0.15) is 5.26 Å². The summed E-state index contributed by atoms with van der Waals surface area (Å²) in [5.74, 6) is 0.150. The monoisotopic (exact) mass is 126 g/mol. The molecule has 3 nitrogen and oxygen atoms in total. The van der Waals surface area contributed by atoms with Gasteiger partial charge in [0.25, 0.3) is 0 Å². The second kappa shape index (κ2) is 2.81. The lowest BCUT2D eigenvalue weighted by Gasteiger charge is -2.08. The maximum atomic E-state index is 8.60. The number of hydrogen-bond acceptors (Lipinski definition) is 3. The van der Waals surface area contributed by atoms with Crippen LogP contribution in [0.2, 0.25) is 0 Å². The molecule has 1 aliphatic heterocycles. The molecule has 50 valence electrons. The summed E-state index contributed by atoms with van der Waals surface area (Å²) < 4.78 is 0. The Morgan fingerprint density at radius 3 is 2.89 bits per heavy atom. The Kier molecular flexibility index (Phi) is 2.04. The molecule has 1 atom stereocenters. The number of aliphatic hydroxyl groups is 1. The van der Waals surface area contributed by atoms with Gasteiger partial charge < -0.3 is 5.11 Å². The first-order chi connectivity index (χ1) is 4.36. The molecule has 1 fully saturated rings. The Bertz CT molecular complexity index is 130. The molecule has 1 saturated heterocycles. The van der Waals surface area contributed by atoms with E-state index in [4.69, 9.17) is 10.4 Å². The standard InChI is InChI=1S/C6H10N2O/c7-3-6-1-2-8(4-6)5-9/h6,9H,1-2,4-5H2. The zero-order chi connectivity index (χ0) is 6.69. The summed E-state index contributed by atoms with van der Waals surface area (Å²) in [5.41, 5.74) is 0.